The lowest BCUT2D eigenvalue weighted by Gasteiger charge is -2.34. The number of fused-ring (bicyclic) bond motifs is 1. The van der Waals surface area contributed by atoms with Crippen LogP contribution in [0.2, 0.25) is 0 Å². The lowest BCUT2D eigenvalue weighted by atomic mass is 10.1. The predicted molar refractivity (Wildman–Crippen MR) is 73.5 cm³/mol. The summed E-state index contributed by atoms with van der Waals surface area (Å²) in [7, 11) is 2.13. The summed E-state index contributed by atoms with van der Waals surface area (Å²) in [6.07, 6.45) is 0.0790. The van der Waals surface area contributed by atoms with E-state index in [-0.39, 0.29) is 5.91 Å². The van der Waals surface area contributed by atoms with Gasteiger partial charge in [0, 0.05) is 38.2 Å². The van der Waals surface area contributed by atoms with Gasteiger partial charge in [0.15, 0.2) is 6.10 Å². The summed E-state index contributed by atoms with van der Waals surface area (Å²) < 4.78 is 5.75. The van der Waals surface area contributed by atoms with Crippen molar-refractivity contribution >= 4 is 11.6 Å². The smallest absolute Gasteiger partial charge is 0.258 e. The van der Waals surface area contributed by atoms with E-state index in [1.54, 1.807) is 0 Å². The van der Waals surface area contributed by atoms with Gasteiger partial charge in [0.1, 0.15) is 5.75 Å². The molecule has 5 nitrogen and oxygen atoms in total. The first kappa shape index (κ1) is 12.3. The molecule has 0 saturated carbocycles. The molecule has 1 saturated heterocycles. The van der Waals surface area contributed by atoms with Crippen molar-refractivity contribution in [2.45, 2.75) is 12.5 Å². The standard InChI is InChI=1S/C14H19N3O2/c1-16-5-7-17(8-6-16)11-4-2-3-10-9-12(14(15)18)19-13(10)11/h2-4,12H,5-9H2,1H3,(H2,15,18). The van der Waals surface area contributed by atoms with Crippen LogP contribution in [0.15, 0.2) is 18.2 Å². The minimum absolute atomic E-state index is 0.388. The van der Waals surface area contributed by atoms with Crippen LogP contribution in [0.4, 0.5) is 5.69 Å². The van der Waals surface area contributed by atoms with Gasteiger partial charge < -0.3 is 20.3 Å². The van der Waals surface area contributed by atoms with Gasteiger partial charge >= 0.3 is 0 Å². The third-order valence-electron chi connectivity index (χ3n) is 3.90. The molecule has 0 radical (unpaired) electrons. The molecule has 1 unspecified atom stereocenters. The van der Waals surface area contributed by atoms with Crippen LogP contribution >= 0.6 is 0 Å². The monoisotopic (exact) mass is 261 g/mol. The number of nitrogens with zero attached hydrogens (tertiary/aromatic N) is 2. The molecule has 19 heavy (non-hydrogen) atoms. The number of carbonyl (C=O) groups is 1. The number of amides is 1. The highest BCUT2D eigenvalue weighted by atomic mass is 16.5. The summed E-state index contributed by atoms with van der Waals surface area (Å²) in [6, 6.07) is 6.10. The van der Waals surface area contributed by atoms with Crippen molar-refractivity contribution < 1.29 is 9.53 Å². The van der Waals surface area contributed by atoms with Gasteiger partial charge in [-0.15, -0.1) is 0 Å². The number of para-hydroxylation sites is 1. The van der Waals surface area contributed by atoms with Crippen molar-refractivity contribution in [3.05, 3.63) is 23.8 Å². The Balaban J connectivity index is 1.85. The van der Waals surface area contributed by atoms with Crippen LogP contribution in [-0.4, -0.2) is 50.1 Å². The van der Waals surface area contributed by atoms with Crippen LogP contribution in [0.25, 0.3) is 0 Å². The van der Waals surface area contributed by atoms with E-state index in [0.29, 0.717) is 6.42 Å². The molecular weight excluding hydrogens is 242 g/mol. The van der Waals surface area contributed by atoms with E-state index in [9.17, 15) is 4.79 Å². The maximum atomic E-state index is 11.3. The van der Waals surface area contributed by atoms with Crippen molar-refractivity contribution in [3.63, 3.8) is 0 Å². The molecule has 5 heteroatoms. The van der Waals surface area contributed by atoms with E-state index in [0.717, 1.165) is 43.2 Å². The Bertz CT molecular complexity index is 495. The topological polar surface area (TPSA) is 58.8 Å². The molecule has 2 N–H and O–H groups in total. The number of hydrogen-bond acceptors (Lipinski definition) is 4. The Morgan fingerprint density at radius 2 is 2.05 bits per heavy atom. The minimum Gasteiger partial charge on any atom is -0.478 e. The largest absolute Gasteiger partial charge is 0.478 e. The molecule has 0 bridgehead atoms. The number of carbonyl (C=O) groups excluding carboxylic acids is 1. The molecule has 3 rings (SSSR count). The fraction of sp³-hybridized carbons (Fsp3) is 0.500. The number of anilines is 1. The fourth-order valence-electron chi connectivity index (χ4n) is 2.71. The number of nitrogens with two attached hydrogens (primary N) is 1. The fourth-order valence-corrected chi connectivity index (χ4v) is 2.71. The number of benzene rings is 1. The molecule has 2 aliphatic rings. The van der Waals surface area contributed by atoms with E-state index >= 15 is 0 Å². The Kier molecular flexibility index (Phi) is 3.06. The summed E-state index contributed by atoms with van der Waals surface area (Å²) in [5.74, 6) is 0.455. The van der Waals surface area contributed by atoms with E-state index in [1.807, 2.05) is 12.1 Å². The van der Waals surface area contributed by atoms with Crippen LogP contribution in [0.1, 0.15) is 5.56 Å². The van der Waals surface area contributed by atoms with Crippen LogP contribution < -0.4 is 15.4 Å². The van der Waals surface area contributed by atoms with Gasteiger partial charge in [0.05, 0.1) is 5.69 Å². The highest BCUT2D eigenvalue weighted by Crippen LogP contribution is 2.38. The van der Waals surface area contributed by atoms with Crippen molar-refractivity contribution in [1.29, 1.82) is 0 Å². The number of rotatable bonds is 2. The average Bonchev–Trinajstić information content (AvgIpc) is 2.83. The third-order valence-corrected chi connectivity index (χ3v) is 3.90. The van der Waals surface area contributed by atoms with Gasteiger partial charge in [-0.05, 0) is 13.1 Å². The maximum Gasteiger partial charge on any atom is 0.258 e. The number of ether oxygens (including phenoxy) is 1. The predicted octanol–water partition coefficient (Wildman–Crippen LogP) is 0.227. The van der Waals surface area contributed by atoms with Crippen LogP contribution in [0.5, 0.6) is 5.75 Å². The first-order valence-corrected chi connectivity index (χ1v) is 6.66. The van der Waals surface area contributed by atoms with E-state index < -0.39 is 6.10 Å². The molecule has 1 fully saturated rings. The summed E-state index contributed by atoms with van der Waals surface area (Å²) in [5, 5.41) is 0. The SMILES string of the molecule is CN1CCN(c2cccc3c2OC(C(N)=O)C3)CC1. The first-order chi connectivity index (χ1) is 9.15. The van der Waals surface area contributed by atoms with E-state index in [2.05, 4.69) is 22.9 Å². The summed E-state index contributed by atoms with van der Waals surface area (Å²) in [6.45, 7) is 4.06. The Morgan fingerprint density at radius 3 is 2.74 bits per heavy atom. The zero-order chi connectivity index (χ0) is 13.4. The van der Waals surface area contributed by atoms with Crippen molar-refractivity contribution in [3.8, 4) is 5.75 Å². The molecule has 0 aliphatic carbocycles. The van der Waals surface area contributed by atoms with Gasteiger partial charge in [-0.1, -0.05) is 12.1 Å². The molecule has 1 atom stereocenters. The molecule has 2 aliphatic heterocycles. The lowest BCUT2D eigenvalue weighted by molar-refractivity contribution is -0.123. The average molecular weight is 261 g/mol. The maximum absolute atomic E-state index is 11.3. The molecular formula is C14H19N3O2. The molecule has 1 amide bonds. The molecule has 0 aromatic heterocycles. The van der Waals surface area contributed by atoms with Crippen molar-refractivity contribution in [2.24, 2.45) is 5.73 Å². The Morgan fingerprint density at radius 1 is 1.32 bits per heavy atom. The van der Waals surface area contributed by atoms with Gasteiger partial charge in [-0.3, -0.25) is 4.79 Å². The van der Waals surface area contributed by atoms with Crippen molar-refractivity contribution in [1.82, 2.24) is 4.90 Å². The summed E-state index contributed by atoms with van der Waals surface area (Å²) in [5.41, 5.74) is 7.52. The normalized spacial score (nSPS) is 23.0. The molecule has 1 aromatic rings. The first-order valence-electron chi connectivity index (χ1n) is 6.66. The number of hydrogen-bond donors (Lipinski definition) is 1. The molecule has 0 spiro atoms. The van der Waals surface area contributed by atoms with Gasteiger partial charge in [-0.25, -0.2) is 0 Å². The molecule has 2 heterocycles. The van der Waals surface area contributed by atoms with E-state index in [1.165, 1.54) is 0 Å². The van der Waals surface area contributed by atoms with Crippen LogP contribution in [-0.2, 0) is 11.2 Å². The second-order valence-electron chi connectivity index (χ2n) is 5.27. The summed E-state index contributed by atoms with van der Waals surface area (Å²) >= 11 is 0. The Hall–Kier alpha value is -1.75. The van der Waals surface area contributed by atoms with Gasteiger partial charge in [0.2, 0.25) is 0 Å². The van der Waals surface area contributed by atoms with Crippen LogP contribution in [0.3, 0.4) is 0 Å². The summed E-state index contributed by atoms with van der Waals surface area (Å²) in [4.78, 5) is 15.9. The zero-order valence-corrected chi connectivity index (χ0v) is 11.1. The van der Waals surface area contributed by atoms with Gasteiger partial charge in [0.25, 0.3) is 5.91 Å². The second kappa shape index (κ2) is 4.74. The lowest BCUT2D eigenvalue weighted by Crippen LogP contribution is -2.44. The van der Waals surface area contributed by atoms with Crippen molar-refractivity contribution in [2.75, 3.05) is 38.1 Å². The molecule has 1 aromatic carbocycles. The number of piperazine rings is 1. The zero-order valence-electron chi connectivity index (χ0n) is 11.1. The Labute approximate surface area is 112 Å². The number of likely N-dealkylation sites (N-methyl/N-ethyl adjacent to an activating group) is 1. The second-order valence-corrected chi connectivity index (χ2v) is 5.27. The highest BCUT2D eigenvalue weighted by molar-refractivity contribution is 5.81. The minimum atomic E-state index is -0.511. The van der Waals surface area contributed by atoms with Gasteiger partial charge in [-0.2, -0.15) is 0 Å². The quantitative estimate of drug-likeness (QED) is 0.828. The molecule has 102 valence electrons. The third kappa shape index (κ3) is 2.26. The van der Waals surface area contributed by atoms with E-state index in [4.69, 9.17) is 10.5 Å². The number of primary amides is 1. The van der Waals surface area contributed by atoms with Crippen LogP contribution in [0, 0.1) is 0 Å². The highest BCUT2D eigenvalue weighted by Gasteiger charge is 2.31.